The molecule has 3 unspecified atom stereocenters. The Kier molecular flexibility index (Phi) is 6.40. The Hall–Kier alpha value is -1.57. The van der Waals surface area contributed by atoms with Gasteiger partial charge in [0, 0.05) is 35.9 Å². The van der Waals surface area contributed by atoms with Crippen molar-refractivity contribution >= 4 is 16.8 Å². The Morgan fingerprint density at radius 3 is 2.32 bits per heavy atom. The molecule has 1 aromatic carbocycles. The van der Waals surface area contributed by atoms with Crippen LogP contribution in [0, 0.1) is 0 Å². The van der Waals surface area contributed by atoms with Crippen molar-refractivity contribution in [2.45, 2.75) is 25.2 Å². The maximum atomic E-state index is 13.2. The second-order valence-electron chi connectivity index (χ2n) is 5.03. The molecule has 0 saturated carbocycles. The normalized spacial score (nSPS) is 15.7. The smallest absolute Gasteiger partial charge is 0.324 e. The van der Waals surface area contributed by atoms with E-state index in [2.05, 4.69) is 0 Å². The van der Waals surface area contributed by atoms with Gasteiger partial charge in [0.05, 0.1) is 0 Å². The first-order chi connectivity index (χ1) is 10.1. The van der Waals surface area contributed by atoms with Crippen molar-refractivity contribution < 1.29 is 22.2 Å². The fourth-order valence-electron chi connectivity index (χ4n) is 1.88. The van der Waals surface area contributed by atoms with Gasteiger partial charge < -0.3 is 10.2 Å². The van der Waals surface area contributed by atoms with Gasteiger partial charge in [-0.1, -0.05) is 30.3 Å². The highest BCUT2D eigenvalue weighted by atomic mass is 32.2. The highest BCUT2D eigenvalue weighted by Gasteiger charge is 2.42. The summed E-state index contributed by atoms with van der Waals surface area (Å²) in [6.45, 7) is 1.63. The number of halogens is 3. The van der Waals surface area contributed by atoms with Crippen molar-refractivity contribution in [2.75, 3.05) is 19.1 Å². The molecule has 1 rings (SSSR count). The topological polar surface area (TPSA) is 49.4 Å². The summed E-state index contributed by atoms with van der Waals surface area (Å²) in [5.74, 6) is 0.200. The lowest BCUT2D eigenvalue weighted by Gasteiger charge is -2.28. The van der Waals surface area contributed by atoms with Crippen LogP contribution in [0.4, 0.5) is 18.0 Å². The number of carbonyl (C=O) groups is 1. The lowest BCUT2D eigenvalue weighted by molar-refractivity contribution is -0.155. The zero-order valence-corrected chi connectivity index (χ0v) is 13.4. The molecule has 1 aromatic rings. The van der Waals surface area contributed by atoms with Gasteiger partial charge in [0.15, 0.2) is 6.04 Å². The van der Waals surface area contributed by atoms with Crippen LogP contribution in [-0.4, -0.2) is 46.4 Å². The predicted octanol–water partition coefficient (Wildman–Crippen LogP) is 2.70. The van der Waals surface area contributed by atoms with Gasteiger partial charge in [-0.25, -0.2) is 4.79 Å². The third-order valence-corrected chi connectivity index (χ3v) is 4.14. The molecule has 0 spiro atoms. The van der Waals surface area contributed by atoms with E-state index in [1.54, 1.807) is 13.0 Å². The third-order valence-electron chi connectivity index (χ3n) is 3.19. The zero-order chi connectivity index (χ0) is 16.9. The molecule has 22 heavy (non-hydrogen) atoms. The Morgan fingerprint density at radius 1 is 1.32 bits per heavy atom. The summed E-state index contributed by atoms with van der Waals surface area (Å²) in [5.41, 5.74) is -0.0385. The third kappa shape index (κ3) is 5.32. The second kappa shape index (κ2) is 7.62. The van der Waals surface area contributed by atoms with Crippen molar-refractivity contribution in [3.63, 3.8) is 0 Å². The summed E-state index contributed by atoms with van der Waals surface area (Å²) in [6.07, 6.45) is -3.13. The number of nitrogens with zero attached hydrogens (tertiary/aromatic N) is 1. The van der Waals surface area contributed by atoms with E-state index in [9.17, 15) is 22.2 Å². The summed E-state index contributed by atoms with van der Waals surface area (Å²) in [4.78, 5) is 13.1. The van der Waals surface area contributed by atoms with Gasteiger partial charge in [-0.3, -0.25) is 4.21 Å². The monoisotopic (exact) mass is 336 g/mol. The Bertz CT molecular complexity index is 523. The molecule has 1 N–H and O–H groups in total. The fourth-order valence-corrected chi connectivity index (χ4v) is 2.78. The number of amides is 2. The highest BCUT2D eigenvalue weighted by Crippen LogP contribution is 2.32. The Balaban J connectivity index is 2.87. The standard InChI is InChI=1S/C14H19F3N2O2S/c1-10(9-22(3)21)19(2)13(20)18-12(14(15,16)17)11-7-5-4-6-8-11/h4-8,10,12H,9H2,1-3H3,(H,18,20). The van der Waals surface area contributed by atoms with Crippen LogP contribution in [0.3, 0.4) is 0 Å². The van der Waals surface area contributed by atoms with E-state index in [4.69, 9.17) is 0 Å². The minimum Gasteiger partial charge on any atom is -0.324 e. The first kappa shape index (κ1) is 18.5. The summed E-state index contributed by atoms with van der Waals surface area (Å²) in [7, 11) is 0.238. The quantitative estimate of drug-likeness (QED) is 0.899. The lowest BCUT2D eigenvalue weighted by Crippen LogP contribution is -2.48. The van der Waals surface area contributed by atoms with E-state index in [1.807, 2.05) is 5.32 Å². The SMILES string of the molecule is CC(CS(C)=O)N(C)C(=O)NC(c1ccccc1)C(F)(F)F. The molecule has 0 aliphatic heterocycles. The maximum Gasteiger partial charge on any atom is 0.412 e. The van der Waals surface area contributed by atoms with Crippen LogP contribution in [0.1, 0.15) is 18.5 Å². The molecule has 124 valence electrons. The predicted molar refractivity (Wildman–Crippen MR) is 79.9 cm³/mol. The number of urea groups is 1. The number of hydrogen-bond acceptors (Lipinski definition) is 2. The average molecular weight is 336 g/mol. The maximum absolute atomic E-state index is 13.2. The minimum atomic E-state index is -4.60. The van der Waals surface area contributed by atoms with E-state index in [1.165, 1.54) is 37.6 Å². The van der Waals surface area contributed by atoms with Crippen LogP contribution in [0.2, 0.25) is 0 Å². The number of hydrogen-bond donors (Lipinski definition) is 1. The van der Waals surface area contributed by atoms with Gasteiger partial charge >= 0.3 is 12.2 Å². The van der Waals surface area contributed by atoms with Gasteiger partial charge in [-0.05, 0) is 12.5 Å². The van der Waals surface area contributed by atoms with Crippen molar-refractivity contribution in [3.8, 4) is 0 Å². The molecule has 0 aliphatic carbocycles. The van der Waals surface area contributed by atoms with Crippen LogP contribution in [0.15, 0.2) is 30.3 Å². The Labute approximate surface area is 130 Å². The Morgan fingerprint density at radius 2 is 1.86 bits per heavy atom. The number of rotatable bonds is 5. The van der Waals surface area contributed by atoms with E-state index in [0.29, 0.717) is 0 Å². The van der Waals surface area contributed by atoms with Gasteiger partial charge in [-0.2, -0.15) is 13.2 Å². The fraction of sp³-hybridized carbons (Fsp3) is 0.500. The first-order valence-electron chi connectivity index (χ1n) is 6.58. The molecule has 3 atom stereocenters. The molecule has 0 bridgehead atoms. The molecule has 0 fully saturated rings. The van der Waals surface area contributed by atoms with Crippen LogP contribution >= 0.6 is 0 Å². The molecule has 0 heterocycles. The number of alkyl halides is 3. The molecule has 0 saturated heterocycles. The van der Waals surface area contributed by atoms with Gasteiger partial charge in [0.1, 0.15) is 0 Å². The van der Waals surface area contributed by atoms with Crippen LogP contribution in [0.5, 0.6) is 0 Å². The highest BCUT2D eigenvalue weighted by molar-refractivity contribution is 7.84. The lowest BCUT2D eigenvalue weighted by atomic mass is 10.1. The van der Waals surface area contributed by atoms with Crippen LogP contribution in [-0.2, 0) is 10.8 Å². The summed E-state index contributed by atoms with van der Waals surface area (Å²) >= 11 is 0. The summed E-state index contributed by atoms with van der Waals surface area (Å²) in [6, 6.07) is 3.80. The summed E-state index contributed by atoms with van der Waals surface area (Å²) < 4.78 is 50.6. The molecule has 0 radical (unpaired) electrons. The van der Waals surface area contributed by atoms with Crippen molar-refractivity contribution in [1.29, 1.82) is 0 Å². The molecular weight excluding hydrogens is 317 g/mol. The van der Waals surface area contributed by atoms with Gasteiger partial charge in [-0.15, -0.1) is 0 Å². The molecule has 4 nitrogen and oxygen atoms in total. The largest absolute Gasteiger partial charge is 0.412 e. The van der Waals surface area contributed by atoms with E-state index >= 15 is 0 Å². The van der Waals surface area contributed by atoms with Crippen LogP contribution < -0.4 is 5.32 Å². The molecule has 0 aromatic heterocycles. The molecular formula is C14H19F3N2O2S. The van der Waals surface area contributed by atoms with Gasteiger partial charge in [0.2, 0.25) is 0 Å². The van der Waals surface area contributed by atoms with Crippen molar-refractivity contribution in [1.82, 2.24) is 10.2 Å². The molecule has 8 heteroatoms. The number of carbonyl (C=O) groups excluding carboxylic acids is 1. The second-order valence-corrected chi connectivity index (χ2v) is 6.51. The van der Waals surface area contributed by atoms with Crippen molar-refractivity contribution in [3.05, 3.63) is 35.9 Å². The minimum absolute atomic E-state index is 0.0385. The van der Waals surface area contributed by atoms with E-state index in [0.717, 1.165) is 4.90 Å². The summed E-state index contributed by atoms with van der Waals surface area (Å²) in [5, 5.41) is 1.99. The van der Waals surface area contributed by atoms with E-state index < -0.39 is 35.1 Å². The average Bonchev–Trinajstić information content (AvgIpc) is 2.42. The van der Waals surface area contributed by atoms with Crippen LogP contribution in [0.25, 0.3) is 0 Å². The zero-order valence-electron chi connectivity index (χ0n) is 12.6. The molecule has 2 amide bonds. The van der Waals surface area contributed by atoms with E-state index in [-0.39, 0.29) is 11.3 Å². The number of benzene rings is 1. The van der Waals surface area contributed by atoms with Crippen molar-refractivity contribution in [2.24, 2.45) is 0 Å². The van der Waals surface area contributed by atoms with Gasteiger partial charge in [0.25, 0.3) is 0 Å². The number of nitrogens with one attached hydrogen (secondary N) is 1. The first-order valence-corrected chi connectivity index (χ1v) is 8.30. The molecule has 0 aliphatic rings.